The van der Waals surface area contributed by atoms with Crippen molar-refractivity contribution in [2.24, 2.45) is 0 Å². The van der Waals surface area contributed by atoms with Gasteiger partial charge >= 0.3 is 0 Å². The van der Waals surface area contributed by atoms with Crippen LogP contribution in [0.5, 0.6) is 11.5 Å². The van der Waals surface area contributed by atoms with E-state index in [1.165, 1.54) is 0 Å². The number of ether oxygens (including phenoxy) is 1. The number of nitriles is 2. The topological polar surface area (TPSA) is 69.7 Å². The first-order valence-electron chi connectivity index (χ1n) is 5.71. The third kappa shape index (κ3) is 2.53. The quantitative estimate of drug-likeness (QED) is 0.819. The second-order valence-electron chi connectivity index (χ2n) is 4.04. The Kier molecular flexibility index (Phi) is 3.45. The minimum Gasteiger partial charge on any atom is -0.454 e. The molecule has 2 aromatic rings. The third-order valence-corrected chi connectivity index (χ3v) is 2.63. The molecule has 0 unspecified atom stereocenters. The van der Waals surface area contributed by atoms with Gasteiger partial charge in [0.1, 0.15) is 29.2 Å². The summed E-state index contributed by atoms with van der Waals surface area (Å²) in [6.07, 6.45) is 0. The number of pyridine rings is 1. The molecule has 0 bridgehead atoms. The second kappa shape index (κ2) is 5.20. The number of hydrogen-bond donors (Lipinski definition) is 0. The van der Waals surface area contributed by atoms with Gasteiger partial charge in [0.2, 0.25) is 0 Å². The summed E-state index contributed by atoms with van der Waals surface area (Å²) in [6, 6.07) is 12.7. The molecule has 19 heavy (non-hydrogen) atoms. The van der Waals surface area contributed by atoms with E-state index < -0.39 is 0 Å². The summed E-state index contributed by atoms with van der Waals surface area (Å²) in [5.74, 6) is 0.863. The van der Waals surface area contributed by atoms with Gasteiger partial charge in [-0.25, -0.2) is 0 Å². The monoisotopic (exact) mass is 249 g/mol. The lowest BCUT2D eigenvalue weighted by atomic mass is 10.1. The largest absolute Gasteiger partial charge is 0.454 e. The predicted molar refractivity (Wildman–Crippen MR) is 69.7 cm³/mol. The highest BCUT2D eigenvalue weighted by Gasteiger charge is 2.12. The number of aryl methyl sites for hydroxylation is 2. The van der Waals surface area contributed by atoms with Gasteiger partial charge in [0.25, 0.3) is 0 Å². The Hall–Kier alpha value is -2.85. The highest BCUT2D eigenvalue weighted by molar-refractivity contribution is 5.51. The number of rotatable bonds is 2. The van der Waals surface area contributed by atoms with Crippen LogP contribution >= 0.6 is 0 Å². The first kappa shape index (κ1) is 12.6. The van der Waals surface area contributed by atoms with Gasteiger partial charge in [-0.15, -0.1) is 0 Å². The zero-order chi connectivity index (χ0) is 13.8. The lowest BCUT2D eigenvalue weighted by Crippen LogP contribution is -1.97. The van der Waals surface area contributed by atoms with Crippen LogP contribution in [0.3, 0.4) is 0 Å². The number of hydrogen-bond acceptors (Lipinski definition) is 4. The van der Waals surface area contributed by atoms with Crippen molar-refractivity contribution in [3.63, 3.8) is 0 Å². The molecule has 0 fully saturated rings. The molecule has 92 valence electrons. The summed E-state index contributed by atoms with van der Waals surface area (Å²) in [7, 11) is 0. The Bertz CT molecular complexity index is 708. The highest BCUT2D eigenvalue weighted by Crippen LogP contribution is 2.29. The molecule has 0 radical (unpaired) electrons. The lowest BCUT2D eigenvalue weighted by Gasteiger charge is -2.10. The Morgan fingerprint density at radius 3 is 2.47 bits per heavy atom. The average Bonchev–Trinajstić information content (AvgIpc) is 2.39. The molecule has 0 spiro atoms. The van der Waals surface area contributed by atoms with Crippen LogP contribution in [0.2, 0.25) is 0 Å². The van der Waals surface area contributed by atoms with Gasteiger partial charge < -0.3 is 4.74 Å². The van der Waals surface area contributed by atoms with E-state index in [1.807, 2.05) is 6.92 Å². The summed E-state index contributed by atoms with van der Waals surface area (Å²) in [4.78, 5) is 4.22. The first-order valence-corrected chi connectivity index (χ1v) is 5.71. The molecule has 1 aromatic carbocycles. The fourth-order valence-corrected chi connectivity index (χ4v) is 1.78. The van der Waals surface area contributed by atoms with Gasteiger partial charge in [0.05, 0.1) is 11.3 Å². The molecule has 0 amide bonds. The normalized spacial score (nSPS) is 9.47. The third-order valence-electron chi connectivity index (χ3n) is 2.63. The number of aromatic nitrogens is 1. The molecular formula is C15H11N3O. The molecule has 0 aliphatic heterocycles. The Morgan fingerprint density at radius 1 is 1.05 bits per heavy atom. The number of para-hydroxylation sites is 1. The zero-order valence-electron chi connectivity index (χ0n) is 10.6. The van der Waals surface area contributed by atoms with E-state index in [1.54, 1.807) is 37.3 Å². The van der Waals surface area contributed by atoms with Crippen LogP contribution in [0.15, 0.2) is 30.3 Å². The molecule has 4 nitrogen and oxygen atoms in total. The van der Waals surface area contributed by atoms with Crippen LogP contribution < -0.4 is 4.74 Å². The molecule has 0 atom stereocenters. The molecule has 1 heterocycles. The van der Waals surface area contributed by atoms with Crippen molar-refractivity contribution in [3.05, 3.63) is 52.8 Å². The van der Waals surface area contributed by atoms with Gasteiger partial charge in [-0.05, 0) is 26.0 Å². The molecule has 0 saturated heterocycles. The summed E-state index contributed by atoms with van der Waals surface area (Å²) in [5.41, 5.74) is 2.20. The van der Waals surface area contributed by atoms with Gasteiger partial charge in [-0.1, -0.05) is 12.1 Å². The molecule has 0 saturated carbocycles. The molecule has 0 N–H and O–H groups in total. The fraction of sp³-hybridized carbons (Fsp3) is 0.133. The van der Waals surface area contributed by atoms with Crippen molar-refractivity contribution in [2.45, 2.75) is 13.8 Å². The van der Waals surface area contributed by atoms with Crippen LogP contribution in [0.25, 0.3) is 0 Å². The van der Waals surface area contributed by atoms with Crippen LogP contribution in [-0.2, 0) is 0 Å². The molecule has 1 aromatic heterocycles. The Morgan fingerprint density at radius 2 is 1.79 bits per heavy atom. The predicted octanol–water partition coefficient (Wildman–Crippen LogP) is 3.23. The molecular weight excluding hydrogens is 238 g/mol. The van der Waals surface area contributed by atoms with Crippen LogP contribution in [0.4, 0.5) is 0 Å². The standard InChI is InChI=1S/C15H11N3O/c1-10-7-15(13(9-17)11(2)18-10)19-14-6-4-3-5-12(14)8-16/h3-7H,1-2H3. The van der Waals surface area contributed by atoms with E-state index in [0.717, 1.165) is 5.69 Å². The Labute approximate surface area is 111 Å². The van der Waals surface area contributed by atoms with E-state index in [-0.39, 0.29) is 0 Å². The summed E-state index contributed by atoms with van der Waals surface area (Å²) < 4.78 is 5.70. The van der Waals surface area contributed by atoms with Crippen molar-refractivity contribution >= 4 is 0 Å². The average molecular weight is 249 g/mol. The van der Waals surface area contributed by atoms with Crippen molar-refractivity contribution in [3.8, 4) is 23.6 Å². The SMILES string of the molecule is Cc1cc(Oc2ccccc2C#N)c(C#N)c(C)n1. The molecule has 0 aliphatic rings. The maximum atomic E-state index is 9.16. The van der Waals surface area contributed by atoms with E-state index in [2.05, 4.69) is 17.1 Å². The van der Waals surface area contributed by atoms with Crippen molar-refractivity contribution < 1.29 is 4.74 Å². The fourth-order valence-electron chi connectivity index (χ4n) is 1.78. The number of nitrogens with zero attached hydrogens (tertiary/aromatic N) is 3. The van der Waals surface area contributed by atoms with Crippen molar-refractivity contribution in [2.75, 3.05) is 0 Å². The summed E-state index contributed by atoms with van der Waals surface area (Å²) in [6.45, 7) is 3.59. The summed E-state index contributed by atoms with van der Waals surface area (Å²) in [5, 5.41) is 18.2. The molecule has 4 heteroatoms. The Balaban J connectivity index is 2.50. The van der Waals surface area contributed by atoms with Crippen LogP contribution in [-0.4, -0.2) is 4.98 Å². The van der Waals surface area contributed by atoms with Gasteiger partial charge in [-0.3, -0.25) is 4.98 Å². The van der Waals surface area contributed by atoms with E-state index in [4.69, 9.17) is 15.3 Å². The van der Waals surface area contributed by atoms with Gasteiger partial charge in [-0.2, -0.15) is 10.5 Å². The van der Waals surface area contributed by atoms with Gasteiger partial charge in [0, 0.05) is 11.8 Å². The number of benzene rings is 1. The maximum Gasteiger partial charge on any atom is 0.148 e. The van der Waals surface area contributed by atoms with Crippen molar-refractivity contribution in [1.82, 2.24) is 4.98 Å². The zero-order valence-corrected chi connectivity index (χ0v) is 10.6. The summed E-state index contributed by atoms with van der Waals surface area (Å²) >= 11 is 0. The lowest BCUT2D eigenvalue weighted by molar-refractivity contribution is 0.477. The van der Waals surface area contributed by atoms with Crippen molar-refractivity contribution in [1.29, 1.82) is 10.5 Å². The molecule has 2 rings (SSSR count). The minimum absolute atomic E-state index is 0.387. The van der Waals surface area contributed by atoms with E-state index >= 15 is 0 Å². The second-order valence-corrected chi connectivity index (χ2v) is 4.04. The van der Waals surface area contributed by atoms with Crippen LogP contribution in [0.1, 0.15) is 22.5 Å². The van der Waals surface area contributed by atoms with Gasteiger partial charge in [0.15, 0.2) is 0 Å². The maximum absolute atomic E-state index is 9.16. The van der Waals surface area contributed by atoms with E-state index in [0.29, 0.717) is 28.3 Å². The van der Waals surface area contributed by atoms with Crippen LogP contribution in [0, 0.1) is 36.5 Å². The first-order chi connectivity index (χ1) is 9.15. The smallest absolute Gasteiger partial charge is 0.148 e. The minimum atomic E-state index is 0.387. The highest BCUT2D eigenvalue weighted by atomic mass is 16.5. The van der Waals surface area contributed by atoms with E-state index in [9.17, 15) is 0 Å². The molecule has 0 aliphatic carbocycles.